The Morgan fingerprint density at radius 1 is 1.09 bits per heavy atom. The second-order valence-corrected chi connectivity index (χ2v) is 8.87. The second kappa shape index (κ2) is 10.1. The Bertz CT molecular complexity index is 1260. The summed E-state index contributed by atoms with van der Waals surface area (Å²) in [5.41, 5.74) is 1.56. The van der Waals surface area contributed by atoms with Crippen LogP contribution in [0.25, 0.3) is 0 Å². The van der Waals surface area contributed by atoms with E-state index in [-0.39, 0.29) is 6.42 Å². The summed E-state index contributed by atoms with van der Waals surface area (Å²) < 4.78 is 30.0. The van der Waals surface area contributed by atoms with Crippen LogP contribution in [0, 0.1) is 5.82 Å². The molecule has 0 bridgehead atoms. The number of oxime groups is 1. The van der Waals surface area contributed by atoms with Crippen LogP contribution < -0.4 is 14.4 Å². The van der Waals surface area contributed by atoms with Gasteiger partial charge in [0, 0.05) is 28.6 Å². The van der Waals surface area contributed by atoms with E-state index in [9.17, 15) is 14.0 Å². The number of amides is 1. The Hall–Kier alpha value is -3.92. The zero-order valence-electron chi connectivity index (χ0n) is 18.5. The molecular formula is C25H21FN2O6S. The second-order valence-electron chi connectivity index (χ2n) is 7.84. The van der Waals surface area contributed by atoms with Crippen LogP contribution in [0.1, 0.15) is 16.9 Å². The fraction of sp³-hybridized carbons (Fsp3) is 0.240. The first-order valence-electron chi connectivity index (χ1n) is 10.9. The molecule has 3 aromatic rings. The summed E-state index contributed by atoms with van der Waals surface area (Å²) >= 11 is 1.52. The van der Waals surface area contributed by atoms with Crippen LogP contribution >= 0.6 is 11.3 Å². The molecule has 180 valence electrons. The maximum absolute atomic E-state index is 13.5. The molecule has 2 aliphatic rings. The summed E-state index contributed by atoms with van der Waals surface area (Å²) in [5.74, 6) is -0.371. The van der Waals surface area contributed by atoms with Crippen molar-refractivity contribution in [3.8, 4) is 11.5 Å². The molecule has 0 saturated carbocycles. The Labute approximate surface area is 204 Å². The van der Waals surface area contributed by atoms with E-state index in [1.54, 1.807) is 30.3 Å². The monoisotopic (exact) mass is 496 g/mol. The van der Waals surface area contributed by atoms with Gasteiger partial charge in [-0.3, -0.25) is 4.79 Å². The number of hydrogen-bond acceptors (Lipinski definition) is 8. The molecule has 2 aromatic carbocycles. The van der Waals surface area contributed by atoms with Gasteiger partial charge in [-0.1, -0.05) is 23.4 Å². The summed E-state index contributed by atoms with van der Waals surface area (Å²) in [5, 5.41) is 5.81. The van der Waals surface area contributed by atoms with Gasteiger partial charge in [-0.2, -0.15) is 0 Å². The van der Waals surface area contributed by atoms with Crippen molar-refractivity contribution in [2.45, 2.75) is 19.1 Å². The van der Waals surface area contributed by atoms with Crippen LogP contribution in [0.2, 0.25) is 0 Å². The third kappa shape index (κ3) is 5.27. The van der Waals surface area contributed by atoms with Crippen molar-refractivity contribution in [1.82, 2.24) is 0 Å². The summed E-state index contributed by atoms with van der Waals surface area (Å²) in [6, 6.07) is 14.9. The number of halogens is 1. The number of thiophene rings is 1. The average Bonchev–Trinajstić information content (AvgIpc) is 3.58. The number of carbonyl (C=O) groups excluding carboxylic acids is 2. The molecule has 8 nitrogen and oxygen atoms in total. The van der Waals surface area contributed by atoms with E-state index in [0.29, 0.717) is 48.2 Å². The van der Waals surface area contributed by atoms with Crippen LogP contribution in [0.3, 0.4) is 0 Å². The quantitative estimate of drug-likeness (QED) is 0.461. The van der Waals surface area contributed by atoms with Crippen molar-refractivity contribution < 1.29 is 33.0 Å². The first-order chi connectivity index (χ1) is 17.1. The minimum Gasteiger partial charge on any atom is -0.486 e. The largest absolute Gasteiger partial charge is 0.486 e. The molecule has 0 spiro atoms. The van der Waals surface area contributed by atoms with Gasteiger partial charge in [0.2, 0.25) is 6.10 Å². The molecule has 2 aliphatic heterocycles. The Morgan fingerprint density at radius 3 is 2.74 bits per heavy atom. The summed E-state index contributed by atoms with van der Waals surface area (Å²) in [6.45, 7) is 0.719. The lowest BCUT2D eigenvalue weighted by molar-refractivity contribution is -0.158. The zero-order chi connectivity index (χ0) is 24.2. The zero-order valence-corrected chi connectivity index (χ0v) is 19.3. The predicted octanol–water partition coefficient (Wildman–Crippen LogP) is 3.93. The minimum atomic E-state index is -0.999. The van der Waals surface area contributed by atoms with E-state index in [0.717, 1.165) is 4.88 Å². The van der Waals surface area contributed by atoms with Crippen molar-refractivity contribution in [3.63, 3.8) is 0 Å². The number of rotatable bonds is 7. The molecule has 0 aliphatic carbocycles. The Balaban J connectivity index is 1.24. The lowest BCUT2D eigenvalue weighted by Gasteiger charge is -2.25. The lowest BCUT2D eigenvalue weighted by Crippen LogP contribution is -2.35. The van der Waals surface area contributed by atoms with Gasteiger partial charge in [-0.05, 0) is 35.7 Å². The molecule has 35 heavy (non-hydrogen) atoms. The summed E-state index contributed by atoms with van der Waals surface area (Å²) in [6.07, 6.45) is -0.876. The van der Waals surface area contributed by atoms with E-state index in [4.69, 9.17) is 19.0 Å². The standard InChI is InChI=1S/C25H21FN2O6S/c26-17-4-1-3-16(11-17)20-13-23(34-27-20)25(30)33-15-24(29)28(14-19-5-2-10-35-19)18-6-7-21-22(12-18)32-9-8-31-21/h1-7,10-12,23H,8-9,13-15H2. The van der Waals surface area contributed by atoms with Gasteiger partial charge in [-0.15, -0.1) is 11.3 Å². The van der Waals surface area contributed by atoms with Crippen LogP contribution in [0.15, 0.2) is 65.1 Å². The average molecular weight is 497 g/mol. The van der Waals surface area contributed by atoms with E-state index >= 15 is 0 Å². The van der Waals surface area contributed by atoms with Gasteiger partial charge >= 0.3 is 5.97 Å². The van der Waals surface area contributed by atoms with Crippen molar-refractivity contribution in [2.75, 3.05) is 24.7 Å². The highest BCUT2D eigenvalue weighted by Gasteiger charge is 2.31. The number of anilines is 1. The smallest absolute Gasteiger partial charge is 0.351 e. The molecule has 3 heterocycles. The lowest BCUT2D eigenvalue weighted by atomic mass is 10.1. The van der Waals surface area contributed by atoms with Crippen LogP contribution in [0.4, 0.5) is 10.1 Å². The number of carbonyl (C=O) groups is 2. The molecule has 1 atom stereocenters. The van der Waals surface area contributed by atoms with E-state index < -0.39 is 30.4 Å². The first kappa shape index (κ1) is 22.9. The highest BCUT2D eigenvalue weighted by molar-refractivity contribution is 7.09. The molecule has 0 N–H and O–H groups in total. The molecular weight excluding hydrogens is 475 g/mol. The fourth-order valence-corrected chi connectivity index (χ4v) is 4.42. The normalized spacial score (nSPS) is 16.3. The van der Waals surface area contributed by atoms with Crippen LogP contribution in [-0.4, -0.2) is 43.5 Å². The van der Waals surface area contributed by atoms with Gasteiger partial charge < -0.3 is 23.9 Å². The molecule has 0 radical (unpaired) electrons. The first-order valence-corrected chi connectivity index (χ1v) is 11.8. The van der Waals surface area contributed by atoms with Gasteiger partial charge in [0.05, 0.1) is 12.3 Å². The third-order valence-corrected chi connectivity index (χ3v) is 6.32. The maximum atomic E-state index is 13.5. The molecule has 0 saturated heterocycles. The van der Waals surface area contributed by atoms with Crippen molar-refractivity contribution >= 4 is 34.6 Å². The maximum Gasteiger partial charge on any atom is 0.351 e. The molecule has 5 rings (SSSR count). The number of benzene rings is 2. The SMILES string of the molecule is O=C(OCC(=O)N(Cc1cccs1)c1ccc2c(c1)OCCO2)C1CC(c2cccc(F)c2)=NO1. The Kier molecular flexibility index (Phi) is 6.62. The van der Waals surface area contributed by atoms with E-state index in [1.807, 2.05) is 17.5 Å². The van der Waals surface area contributed by atoms with Crippen molar-refractivity contribution in [3.05, 3.63) is 76.2 Å². The van der Waals surface area contributed by atoms with Crippen LogP contribution in [0.5, 0.6) is 11.5 Å². The highest BCUT2D eigenvalue weighted by Crippen LogP contribution is 2.34. The number of hydrogen-bond donors (Lipinski definition) is 0. The predicted molar refractivity (Wildman–Crippen MR) is 126 cm³/mol. The summed E-state index contributed by atoms with van der Waals surface area (Å²) in [7, 11) is 0. The fourth-order valence-electron chi connectivity index (χ4n) is 3.73. The molecule has 10 heteroatoms. The highest BCUT2D eigenvalue weighted by atomic mass is 32.1. The number of ether oxygens (including phenoxy) is 3. The van der Waals surface area contributed by atoms with Gasteiger partial charge in [-0.25, -0.2) is 9.18 Å². The van der Waals surface area contributed by atoms with Crippen LogP contribution in [-0.2, 0) is 25.7 Å². The van der Waals surface area contributed by atoms with Gasteiger partial charge in [0.25, 0.3) is 5.91 Å². The topological polar surface area (TPSA) is 86.7 Å². The number of nitrogens with zero attached hydrogens (tertiary/aromatic N) is 2. The van der Waals surface area contributed by atoms with Crippen molar-refractivity contribution in [1.29, 1.82) is 0 Å². The molecule has 1 unspecified atom stereocenters. The molecule has 1 amide bonds. The van der Waals surface area contributed by atoms with Gasteiger partial charge in [0.15, 0.2) is 18.1 Å². The number of fused-ring (bicyclic) bond motifs is 1. The molecule has 1 aromatic heterocycles. The minimum absolute atomic E-state index is 0.123. The van der Waals surface area contributed by atoms with Crippen molar-refractivity contribution in [2.24, 2.45) is 5.16 Å². The number of esters is 1. The molecule has 0 fully saturated rings. The van der Waals surface area contributed by atoms with Gasteiger partial charge in [0.1, 0.15) is 19.0 Å². The van der Waals surface area contributed by atoms with E-state index in [2.05, 4.69) is 5.16 Å². The van der Waals surface area contributed by atoms with E-state index in [1.165, 1.54) is 28.4 Å². The summed E-state index contributed by atoms with van der Waals surface area (Å²) in [4.78, 5) is 33.4. The Morgan fingerprint density at radius 2 is 1.94 bits per heavy atom. The third-order valence-electron chi connectivity index (χ3n) is 5.46.